The van der Waals surface area contributed by atoms with Crippen molar-refractivity contribution in [2.24, 2.45) is 0 Å². The SMILES string of the molecule is OCc1ccc(Sc2ccc(F)cc2)c(C(F)(F)F)c1. The monoisotopic (exact) mass is 302 g/mol. The van der Waals surface area contributed by atoms with Crippen LogP contribution in [0.4, 0.5) is 17.6 Å². The first-order valence-electron chi connectivity index (χ1n) is 5.64. The second kappa shape index (κ2) is 5.85. The summed E-state index contributed by atoms with van der Waals surface area (Å²) in [6.07, 6.45) is -4.51. The molecule has 2 aromatic carbocycles. The minimum absolute atomic E-state index is 0.0151. The first kappa shape index (κ1) is 14.9. The molecule has 6 heteroatoms. The van der Waals surface area contributed by atoms with E-state index in [1.165, 1.54) is 36.4 Å². The van der Waals surface area contributed by atoms with Gasteiger partial charge in [0, 0.05) is 9.79 Å². The summed E-state index contributed by atoms with van der Waals surface area (Å²) in [6.45, 7) is -0.454. The fourth-order valence-electron chi connectivity index (χ4n) is 1.62. The molecule has 2 aromatic rings. The van der Waals surface area contributed by atoms with E-state index in [1.807, 2.05) is 0 Å². The van der Waals surface area contributed by atoms with Crippen molar-refractivity contribution in [3.63, 3.8) is 0 Å². The van der Waals surface area contributed by atoms with Gasteiger partial charge in [0.1, 0.15) is 5.82 Å². The van der Waals surface area contributed by atoms with Gasteiger partial charge in [-0.1, -0.05) is 17.8 Å². The number of benzene rings is 2. The zero-order valence-corrected chi connectivity index (χ0v) is 10.9. The number of halogens is 4. The summed E-state index contributed by atoms with van der Waals surface area (Å²) >= 11 is 0.901. The Labute approximate surface area is 117 Å². The Morgan fingerprint density at radius 2 is 1.65 bits per heavy atom. The molecule has 0 amide bonds. The van der Waals surface area contributed by atoms with Crippen LogP contribution < -0.4 is 0 Å². The van der Waals surface area contributed by atoms with E-state index in [1.54, 1.807) is 0 Å². The number of aliphatic hydroxyl groups excluding tert-OH is 1. The van der Waals surface area contributed by atoms with Gasteiger partial charge in [0.05, 0.1) is 12.2 Å². The second-order valence-corrected chi connectivity index (χ2v) is 5.16. The average molecular weight is 302 g/mol. The van der Waals surface area contributed by atoms with Crippen LogP contribution in [0.1, 0.15) is 11.1 Å². The molecule has 0 saturated carbocycles. The van der Waals surface area contributed by atoms with Gasteiger partial charge in [0.15, 0.2) is 0 Å². The van der Waals surface area contributed by atoms with Crippen LogP contribution in [-0.2, 0) is 12.8 Å². The van der Waals surface area contributed by atoms with Crippen molar-refractivity contribution in [2.45, 2.75) is 22.6 Å². The van der Waals surface area contributed by atoms with Gasteiger partial charge in [-0.3, -0.25) is 0 Å². The Kier molecular flexibility index (Phi) is 4.35. The lowest BCUT2D eigenvalue weighted by molar-refractivity contribution is -0.139. The van der Waals surface area contributed by atoms with E-state index >= 15 is 0 Å². The standard InChI is InChI=1S/C14H10F4OS/c15-10-2-4-11(5-3-10)20-13-6-1-9(8-19)7-12(13)14(16,17)18/h1-7,19H,8H2. The molecule has 0 atom stereocenters. The lowest BCUT2D eigenvalue weighted by atomic mass is 10.1. The lowest BCUT2D eigenvalue weighted by Crippen LogP contribution is -2.07. The van der Waals surface area contributed by atoms with Crippen molar-refractivity contribution >= 4 is 11.8 Å². The lowest BCUT2D eigenvalue weighted by Gasteiger charge is -2.13. The molecule has 0 aromatic heterocycles. The van der Waals surface area contributed by atoms with Gasteiger partial charge in [-0.05, 0) is 42.0 Å². The van der Waals surface area contributed by atoms with Gasteiger partial charge in [0.2, 0.25) is 0 Å². The molecule has 1 N–H and O–H groups in total. The molecule has 0 spiro atoms. The molecule has 106 valence electrons. The molecule has 0 radical (unpaired) electrons. The highest BCUT2D eigenvalue weighted by molar-refractivity contribution is 7.99. The minimum atomic E-state index is -4.51. The van der Waals surface area contributed by atoms with Crippen LogP contribution in [0.2, 0.25) is 0 Å². The highest BCUT2D eigenvalue weighted by Crippen LogP contribution is 2.40. The van der Waals surface area contributed by atoms with Crippen molar-refractivity contribution in [3.05, 3.63) is 59.4 Å². The molecule has 0 aliphatic rings. The third-order valence-electron chi connectivity index (χ3n) is 2.57. The van der Waals surface area contributed by atoms with E-state index in [2.05, 4.69) is 0 Å². The molecule has 0 aliphatic heterocycles. The minimum Gasteiger partial charge on any atom is -0.392 e. The van der Waals surface area contributed by atoms with Crippen molar-refractivity contribution in [2.75, 3.05) is 0 Å². The topological polar surface area (TPSA) is 20.2 Å². The van der Waals surface area contributed by atoms with Gasteiger partial charge in [-0.15, -0.1) is 0 Å². The van der Waals surface area contributed by atoms with Crippen LogP contribution in [0.15, 0.2) is 52.3 Å². The third kappa shape index (κ3) is 3.52. The quantitative estimate of drug-likeness (QED) is 0.843. The second-order valence-electron chi connectivity index (χ2n) is 4.04. The smallest absolute Gasteiger partial charge is 0.392 e. The molecule has 20 heavy (non-hydrogen) atoms. The normalized spacial score (nSPS) is 11.7. The molecule has 0 bridgehead atoms. The Bertz CT molecular complexity index is 593. The van der Waals surface area contributed by atoms with E-state index in [4.69, 9.17) is 5.11 Å². The zero-order valence-electron chi connectivity index (χ0n) is 10.1. The Morgan fingerprint density at radius 1 is 1.00 bits per heavy atom. The predicted octanol–water partition coefficient (Wildman–Crippen LogP) is 4.49. The Morgan fingerprint density at radius 3 is 2.20 bits per heavy atom. The van der Waals surface area contributed by atoms with Gasteiger partial charge in [-0.25, -0.2) is 4.39 Å². The Hall–Kier alpha value is -1.53. The summed E-state index contributed by atoms with van der Waals surface area (Å²) in [5.74, 6) is -0.443. The van der Waals surface area contributed by atoms with Crippen molar-refractivity contribution in [3.8, 4) is 0 Å². The van der Waals surface area contributed by atoms with E-state index in [9.17, 15) is 17.6 Å². The van der Waals surface area contributed by atoms with Gasteiger partial charge < -0.3 is 5.11 Å². The van der Waals surface area contributed by atoms with Crippen LogP contribution in [-0.4, -0.2) is 5.11 Å². The van der Waals surface area contributed by atoms with E-state index < -0.39 is 24.2 Å². The highest BCUT2D eigenvalue weighted by Gasteiger charge is 2.33. The summed E-state index contributed by atoms with van der Waals surface area (Å²) in [5.41, 5.74) is -0.612. The molecule has 0 fully saturated rings. The molecule has 0 unspecified atom stereocenters. The first-order valence-corrected chi connectivity index (χ1v) is 6.46. The van der Waals surface area contributed by atoms with Crippen LogP contribution in [0.25, 0.3) is 0 Å². The molecule has 2 rings (SSSR count). The van der Waals surface area contributed by atoms with E-state index in [0.29, 0.717) is 4.90 Å². The third-order valence-corrected chi connectivity index (χ3v) is 3.66. The largest absolute Gasteiger partial charge is 0.417 e. The predicted molar refractivity (Wildman–Crippen MR) is 67.9 cm³/mol. The van der Waals surface area contributed by atoms with Crippen LogP contribution in [0, 0.1) is 5.82 Å². The summed E-state index contributed by atoms with van der Waals surface area (Å²) < 4.78 is 51.7. The molecular weight excluding hydrogens is 292 g/mol. The highest BCUT2D eigenvalue weighted by atomic mass is 32.2. The van der Waals surface area contributed by atoms with E-state index in [0.717, 1.165) is 17.8 Å². The van der Waals surface area contributed by atoms with Crippen LogP contribution in [0.3, 0.4) is 0 Å². The molecule has 0 saturated heterocycles. The molecule has 0 aliphatic carbocycles. The number of alkyl halides is 3. The summed E-state index contributed by atoms with van der Waals surface area (Å²) in [5, 5.41) is 8.92. The maximum Gasteiger partial charge on any atom is 0.417 e. The molecule has 0 heterocycles. The number of rotatable bonds is 3. The summed E-state index contributed by atoms with van der Waals surface area (Å²) in [6, 6.07) is 8.88. The summed E-state index contributed by atoms with van der Waals surface area (Å²) in [4.78, 5) is 0.523. The van der Waals surface area contributed by atoms with E-state index in [-0.39, 0.29) is 10.5 Å². The molecule has 1 nitrogen and oxygen atoms in total. The van der Waals surface area contributed by atoms with Crippen molar-refractivity contribution in [1.82, 2.24) is 0 Å². The van der Waals surface area contributed by atoms with Gasteiger partial charge in [-0.2, -0.15) is 13.2 Å². The van der Waals surface area contributed by atoms with Crippen LogP contribution in [0.5, 0.6) is 0 Å². The maximum atomic E-state index is 13.0. The summed E-state index contributed by atoms with van der Waals surface area (Å²) in [7, 11) is 0. The number of hydrogen-bond donors (Lipinski definition) is 1. The molecular formula is C14H10F4OS. The van der Waals surface area contributed by atoms with Gasteiger partial charge >= 0.3 is 6.18 Å². The van der Waals surface area contributed by atoms with Gasteiger partial charge in [0.25, 0.3) is 0 Å². The first-order chi connectivity index (χ1) is 9.40. The Balaban J connectivity index is 2.38. The fourth-order valence-corrected chi connectivity index (χ4v) is 2.56. The zero-order chi connectivity index (χ0) is 14.8. The van der Waals surface area contributed by atoms with Crippen molar-refractivity contribution < 1.29 is 22.7 Å². The van der Waals surface area contributed by atoms with Crippen molar-refractivity contribution in [1.29, 1.82) is 0 Å². The number of hydrogen-bond acceptors (Lipinski definition) is 2. The fraction of sp³-hybridized carbons (Fsp3) is 0.143. The maximum absolute atomic E-state index is 13.0. The average Bonchev–Trinajstić information content (AvgIpc) is 2.40. The van der Waals surface area contributed by atoms with Crippen LogP contribution >= 0.6 is 11.8 Å². The number of aliphatic hydroxyl groups is 1.